The van der Waals surface area contributed by atoms with E-state index < -0.39 is 0 Å². The van der Waals surface area contributed by atoms with Crippen molar-refractivity contribution >= 4 is 51.4 Å². The van der Waals surface area contributed by atoms with Gasteiger partial charge >= 0.3 is 0 Å². The summed E-state index contributed by atoms with van der Waals surface area (Å²) in [5, 5.41) is 0. The SMILES string of the molecule is Brc1ccc2c(c1)Sc1ccccc1-c1cc(COCCN3CCCCC3)sc1-2.Cl. The van der Waals surface area contributed by atoms with Gasteiger partial charge in [-0.25, -0.2) is 0 Å². The monoisotopic (exact) mass is 521 g/mol. The molecule has 1 fully saturated rings. The molecule has 0 atom stereocenters. The third kappa shape index (κ3) is 4.82. The van der Waals surface area contributed by atoms with Crippen LogP contribution in [0.15, 0.2) is 62.8 Å². The van der Waals surface area contributed by atoms with Crippen molar-refractivity contribution in [3.63, 3.8) is 0 Å². The standard InChI is InChI=1S/C24H24BrNOS2.ClH/c25-17-8-9-20-23(14-17)29-22-7-3-2-6-19(22)21-15-18(28-24(20)21)16-27-13-12-26-10-4-1-5-11-26;/h2-3,6-9,14-15H,1,4-5,10-13,16H2;1H. The molecule has 30 heavy (non-hydrogen) atoms. The number of piperidine rings is 1. The number of hydrogen-bond donors (Lipinski definition) is 0. The molecule has 0 aliphatic carbocycles. The molecule has 0 bridgehead atoms. The van der Waals surface area contributed by atoms with Gasteiger partial charge in [0.15, 0.2) is 0 Å². The molecule has 0 saturated carbocycles. The molecule has 2 aliphatic rings. The number of fused-ring (bicyclic) bond motifs is 5. The summed E-state index contributed by atoms with van der Waals surface area (Å²) in [5.74, 6) is 0. The fraction of sp³-hybridized carbons (Fsp3) is 0.333. The van der Waals surface area contributed by atoms with E-state index in [1.54, 1.807) is 0 Å². The second kappa shape index (κ2) is 10.2. The van der Waals surface area contributed by atoms with E-state index in [0.717, 1.165) is 17.6 Å². The van der Waals surface area contributed by atoms with Crippen LogP contribution in [-0.4, -0.2) is 31.1 Å². The van der Waals surface area contributed by atoms with Crippen LogP contribution in [0.2, 0.25) is 0 Å². The number of thiophene rings is 1. The summed E-state index contributed by atoms with van der Waals surface area (Å²) in [6.07, 6.45) is 4.06. The van der Waals surface area contributed by atoms with Crippen LogP contribution in [0.5, 0.6) is 0 Å². The van der Waals surface area contributed by atoms with Gasteiger partial charge in [0.05, 0.1) is 13.2 Å². The molecule has 2 nitrogen and oxygen atoms in total. The van der Waals surface area contributed by atoms with Crippen molar-refractivity contribution < 1.29 is 4.74 Å². The first kappa shape index (κ1) is 22.4. The minimum absolute atomic E-state index is 0. The molecule has 2 aliphatic heterocycles. The largest absolute Gasteiger partial charge is 0.375 e. The molecule has 1 aromatic heterocycles. The van der Waals surface area contributed by atoms with E-state index in [0.29, 0.717) is 6.61 Å². The van der Waals surface area contributed by atoms with Gasteiger partial charge in [0.25, 0.3) is 0 Å². The quantitative estimate of drug-likeness (QED) is 0.249. The summed E-state index contributed by atoms with van der Waals surface area (Å²) in [4.78, 5) is 7.84. The van der Waals surface area contributed by atoms with Gasteiger partial charge in [-0.05, 0) is 55.8 Å². The van der Waals surface area contributed by atoms with E-state index in [1.165, 1.54) is 68.6 Å². The Morgan fingerprint density at radius 3 is 2.60 bits per heavy atom. The molecule has 0 amide bonds. The Hall–Kier alpha value is -0.820. The number of hydrogen-bond acceptors (Lipinski definition) is 4. The first-order chi connectivity index (χ1) is 14.3. The molecular formula is C24H25BrClNOS2. The third-order valence-corrected chi connectivity index (χ3v) is 8.38. The lowest BCUT2D eigenvalue weighted by Crippen LogP contribution is -2.32. The maximum Gasteiger partial charge on any atom is 0.0810 e. The maximum absolute atomic E-state index is 6.08. The van der Waals surface area contributed by atoms with Gasteiger partial charge < -0.3 is 9.64 Å². The average molecular weight is 523 g/mol. The lowest BCUT2D eigenvalue weighted by molar-refractivity contribution is 0.0878. The molecule has 2 aromatic carbocycles. The van der Waals surface area contributed by atoms with Crippen LogP contribution in [0.1, 0.15) is 24.1 Å². The third-order valence-electron chi connectivity index (χ3n) is 5.61. The summed E-state index contributed by atoms with van der Waals surface area (Å²) in [6.45, 7) is 5.04. The van der Waals surface area contributed by atoms with Crippen LogP contribution in [0, 0.1) is 0 Å². The Balaban J connectivity index is 0.00000218. The van der Waals surface area contributed by atoms with Crippen LogP contribution >= 0.6 is 51.4 Å². The van der Waals surface area contributed by atoms with Gasteiger partial charge in [0.2, 0.25) is 0 Å². The predicted molar refractivity (Wildman–Crippen MR) is 134 cm³/mol. The Bertz CT molecular complexity index is 1020. The lowest BCUT2D eigenvalue weighted by Gasteiger charge is -2.26. The zero-order valence-corrected chi connectivity index (χ0v) is 20.8. The highest BCUT2D eigenvalue weighted by atomic mass is 79.9. The van der Waals surface area contributed by atoms with Gasteiger partial charge in [-0.3, -0.25) is 0 Å². The van der Waals surface area contributed by atoms with E-state index in [9.17, 15) is 0 Å². The molecule has 0 unspecified atom stereocenters. The van der Waals surface area contributed by atoms with Crippen LogP contribution in [-0.2, 0) is 11.3 Å². The summed E-state index contributed by atoms with van der Waals surface area (Å²) in [7, 11) is 0. The van der Waals surface area contributed by atoms with Gasteiger partial charge in [-0.15, -0.1) is 23.7 Å². The molecule has 3 aromatic rings. The first-order valence-electron chi connectivity index (χ1n) is 10.3. The number of benzene rings is 2. The molecule has 3 heterocycles. The zero-order valence-electron chi connectivity index (χ0n) is 16.7. The van der Waals surface area contributed by atoms with E-state index in [4.69, 9.17) is 4.74 Å². The van der Waals surface area contributed by atoms with Crippen molar-refractivity contribution in [1.29, 1.82) is 0 Å². The zero-order chi connectivity index (χ0) is 19.6. The summed E-state index contributed by atoms with van der Waals surface area (Å²) >= 11 is 7.38. The first-order valence-corrected chi connectivity index (χ1v) is 12.7. The number of nitrogens with zero attached hydrogens (tertiary/aromatic N) is 1. The predicted octanol–water partition coefficient (Wildman–Crippen LogP) is 7.73. The fourth-order valence-corrected chi connectivity index (χ4v) is 6.99. The molecular weight excluding hydrogens is 498 g/mol. The van der Waals surface area contributed by atoms with Crippen molar-refractivity contribution in [2.45, 2.75) is 35.7 Å². The van der Waals surface area contributed by atoms with Crippen LogP contribution in [0.4, 0.5) is 0 Å². The fourth-order valence-electron chi connectivity index (χ4n) is 4.13. The molecule has 0 radical (unpaired) electrons. The normalized spacial score (nSPS) is 15.5. The Labute approximate surface area is 201 Å². The Morgan fingerprint density at radius 2 is 1.73 bits per heavy atom. The number of halogens is 2. The molecule has 158 valence electrons. The topological polar surface area (TPSA) is 12.5 Å². The second-order valence-corrected chi connectivity index (χ2v) is 10.8. The summed E-state index contributed by atoms with van der Waals surface area (Å²) in [5.41, 5.74) is 4.00. The number of rotatable bonds is 5. The summed E-state index contributed by atoms with van der Waals surface area (Å²) in [6, 6.07) is 17.7. The summed E-state index contributed by atoms with van der Waals surface area (Å²) < 4.78 is 7.21. The Morgan fingerprint density at radius 1 is 0.900 bits per heavy atom. The molecule has 0 spiro atoms. The van der Waals surface area contributed by atoms with Crippen molar-refractivity contribution in [3.05, 3.63) is 57.9 Å². The van der Waals surface area contributed by atoms with Crippen molar-refractivity contribution in [2.75, 3.05) is 26.2 Å². The van der Waals surface area contributed by atoms with E-state index in [-0.39, 0.29) is 12.4 Å². The molecule has 1 saturated heterocycles. The number of likely N-dealkylation sites (tertiary alicyclic amines) is 1. The van der Waals surface area contributed by atoms with Crippen molar-refractivity contribution in [1.82, 2.24) is 4.90 Å². The average Bonchev–Trinajstić information content (AvgIpc) is 3.11. The van der Waals surface area contributed by atoms with Gasteiger partial charge in [0, 0.05) is 41.7 Å². The highest BCUT2D eigenvalue weighted by Gasteiger charge is 2.22. The lowest BCUT2D eigenvalue weighted by atomic mass is 10.0. The van der Waals surface area contributed by atoms with Crippen molar-refractivity contribution in [3.8, 4) is 21.6 Å². The van der Waals surface area contributed by atoms with Gasteiger partial charge in [-0.2, -0.15) is 0 Å². The van der Waals surface area contributed by atoms with Crippen LogP contribution in [0.25, 0.3) is 21.6 Å². The van der Waals surface area contributed by atoms with E-state index in [1.807, 2.05) is 23.1 Å². The maximum atomic E-state index is 6.08. The second-order valence-electron chi connectivity index (χ2n) is 7.65. The highest BCUT2D eigenvalue weighted by molar-refractivity contribution is 9.10. The Kier molecular flexibility index (Phi) is 7.61. The van der Waals surface area contributed by atoms with Crippen molar-refractivity contribution in [2.24, 2.45) is 0 Å². The smallest absolute Gasteiger partial charge is 0.0810 e. The van der Waals surface area contributed by atoms with Crippen LogP contribution < -0.4 is 0 Å². The molecule has 6 heteroatoms. The van der Waals surface area contributed by atoms with E-state index >= 15 is 0 Å². The van der Waals surface area contributed by atoms with Crippen LogP contribution in [0.3, 0.4) is 0 Å². The number of ether oxygens (including phenoxy) is 1. The molecule has 0 N–H and O–H groups in total. The molecule has 5 rings (SSSR count). The minimum Gasteiger partial charge on any atom is -0.375 e. The minimum atomic E-state index is 0. The van der Waals surface area contributed by atoms with Gasteiger partial charge in [-0.1, -0.05) is 58.4 Å². The van der Waals surface area contributed by atoms with Gasteiger partial charge in [0.1, 0.15) is 0 Å². The highest BCUT2D eigenvalue weighted by Crippen LogP contribution is 2.51. The van der Waals surface area contributed by atoms with E-state index in [2.05, 4.69) is 69.4 Å².